The molecule has 126 valence electrons. The number of fused-ring (bicyclic) bond motifs is 1. The highest BCUT2D eigenvalue weighted by atomic mass is 79.9. The summed E-state index contributed by atoms with van der Waals surface area (Å²) in [7, 11) is 0. The molecule has 0 bridgehead atoms. The van der Waals surface area contributed by atoms with Gasteiger partial charge < -0.3 is 10.7 Å². The van der Waals surface area contributed by atoms with Gasteiger partial charge in [0.15, 0.2) is 5.65 Å². The third-order valence-corrected chi connectivity index (χ3v) is 4.56. The number of nitrogen functional groups attached to an aromatic ring is 1. The second-order valence-electron chi connectivity index (χ2n) is 7.03. The number of benzene rings is 1. The van der Waals surface area contributed by atoms with Crippen LogP contribution in [0.15, 0.2) is 41.3 Å². The molecule has 4 N–H and O–H groups in total. The topological polar surface area (TPSA) is 85.5 Å². The highest BCUT2D eigenvalue weighted by Gasteiger charge is 2.18. The van der Waals surface area contributed by atoms with Crippen LogP contribution in [0.1, 0.15) is 20.8 Å². The molecule has 0 fully saturated rings. The van der Waals surface area contributed by atoms with Gasteiger partial charge in [-0.15, -0.1) is 0 Å². The fourth-order valence-electron chi connectivity index (χ4n) is 2.64. The molecule has 0 unspecified atom stereocenters. The van der Waals surface area contributed by atoms with Gasteiger partial charge in [0.1, 0.15) is 6.33 Å². The van der Waals surface area contributed by atoms with Crippen LogP contribution < -0.4 is 16.6 Å². The van der Waals surface area contributed by atoms with E-state index >= 15 is 0 Å². The van der Waals surface area contributed by atoms with E-state index in [-0.39, 0.29) is 5.41 Å². The summed E-state index contributed by atoms with van der Waals surface area (Å²) >= 11 is 3.62. The van der Waals surface area contributed by atoms with Crippen LogP contribution in [0.25, 0.3) is 16.8 Å². The average Bonchev–Trinajstić information content (AvgIpc) is 2.95. The van der Waals surface area contributed by atoms with Crippen molar-refractivity contribution < 1.29 is 0 Å². The molecule has 24 heavy (non-hydrogen) atoms. The maximum Gasteiger partial charge on any atom is 0.155 e. The second kappa shape index (κ2) is 6.07. The first-order valence-corrected chi connectivity index (χ1v) is 8.45. The number of hydrogen-bond acceptors (Lipinski definition) is 5. The minimum absolute atomic E-state index is 0.0745. The van der Waals surface area contributed by atoms with E-state index in [1.165, 1.54) is 6.33 Å². The summed E-state index contributed by atoms with van der Waals surface area (Å²) in [6, 6.07) is 7.92. The maximum absolute atomic E-state index is 6.33. The van der Waals surface area contributed by atoms with Crippen LogP contribution >= 0.6 is 15.9 Å². The number of nitrogens with two attached hydrogens (primary N) is 2. The van der Waals surface area contributed by atoms with Crippen molar-refractivity contribution in [2.75, 3.05) is 17.3 Å². The van der Waals surface area contributed by atoms with Gasteiger partial charge in [0.2, 0.25) is 0 Å². The molecule has 6 nitrogen and oxygen atoms in total. The van der Waals surface area contributed by atoms with Crippen molar-refractivity contribution in [2.45, 2.75) is 20.8 Å². The van der Waals surface area contributed by atoms with E-state index in [9.17, 15) is 0 Å². The molecule has 0 atom stereocenters. The molecule has 0 amide bonds. The zero-order valence-corrected chi connectivity index (χ0v) is 15.6. The molecule has 3 aromatic rings. The van der Waals surface area contributed by atoms with Gasteiger partial charge in [0, 0.05) is 12.7 Å². The highest BCUT2D eigenvalue weighted by molar-refractivity contribution is 9.10. The Morgan fingerprint density at radius 3 is 2.71 bits per heavy atom. The maximum atomic E-state index is 6.33. The zero-order chi connectivity index (χ0) is 17.5. The van der Waals surface area contributed by atoms with Gasteiger partial charge in [-0.25, -0.2) is 15.3 Å². The lowest BCUT2D eigenvalue weighted by atomic mass is 9.96. The monoisotopic (exact) mass is 388 g/mol. The standard InChI is InChI=1S/C17H21BrN6/c1-17(2,3)9-23(20)13-5-4-12(15(18)16(13)19)11-6-7-24-14(8-11)21-10-22-24/h4-8,10H,9,19-20H2,1-3H3. The van der Waals surface area contributed by atoms with Gasteiger partial charge in [-0.1, -0.05) is 26.8 Å². The van der Waals surface area contributed by atoms with E-state index in [1.54, 1.807) is 9.52 Å². The summed E-state index contributed by atoms with van der Waals surface area (Å²) < 4.78 is 2.55. The first-order chi connectivity index (χ1) is 11.3. The lowest BCUT2D eigenvalue weighted by molar-refractivity contribution is 0.412. The predicted molar refractivity (Wildman–Crippen MR) is 102 cm³/mol. The smallest absolute Gasteiger partial charge is 0.155 e. The molecule has 0 aliphatic rings. The summed E-state index contributed by atoms with van der Waals surface area (Å²) in [5.41, 5.74) is 10.6. The molecular formula is C17H21BrN6. The summed E-state index contributed by atoms with van der Waals surface area (Å²) in [6.07, 6.45) is 3.41. The van der Waals surface area contributed by atoms with Crippen LogP contribution in [-0.2, 0) is 0 Å². The Labute approximate surface area is 149 Å². The van der Waals surface area contributed by atoms with Gasteiger partial charge in [0.25, 0.3) is 0 Å². The van der Waals surface area contributed by atoms with E-state index in [4.69, 9.17) is 11.6 Å². The average molecular weight is 389 g/mol. The first kappa shape index (κ1) is 16.7. The number of nitrogens with zero attached hydrogens (tertiary/aromatic N) is 4. The van der Waals surface area contributed by atoms with Gasteiger partial charge in [-0.3, -0.25) is 0 Å². The first-order valence-electron chi connectivity index (χ1n) is 7.66. The molecule has 0 saturated heterocycles. The van der Waals surface area contributed by atoms with E-state index in [0.29, 0.717) is 12.2 Å². The van der Waals surface area contributed by atoms with Crippen molar-refractivity contribution in [3.63, 3.8) is 0 Å². The molecule has 0 aliphatic heterocycles. The molecule has 0 radical (unpaired) electrons. The van der Waals surface area contributed by atoms with Gasteiger partial charge >= 0.3 is 0 Å². The fraction of sp³-hybridized carbons (Fsp3) is 0.294. The highest BCUT2D eigenvalue weighted by Crippen LogP contribution is 2.38. The third kappa shape index (κ3) is 3.22. The number of hydrazine groups is 1. The number of hydrogen-bond donors (Lipinski definition) is 2. The predicted octanol–water partition coefficient (Wildman–Crippen LogP) is 3.47. The molecule has 0 spiro atoms. The Morgan fingerprint density at radius 1 is 1.25 bits per heavy atom. The fourth-order valence-corrected chi connectivity index (χ4v) is 3.20. The Morgan fingerprint density at radius 2 is 2.00 bits per heavy atom. The van der Waals surface area contributed by atoms with Crippen LogP contribution in [0.3, 0.4) is 0 Å². The van der Waals surface area contributed by atoms with E-state index < -0.39 is 0 Å². The molecule has 1 aromatic carbocycles. The van der Waals surface area contributed by atoms with Crippen molar-refractivity contribution in [1.29, 1.82) is 0 Å². The minimum atomic E-state index is 0.0745. The molecule has 2 heterocycles. The van der Waals surface area contributed by atoms with Gasteiger partial charge in [0.05, 0.1) is 15.8 Å². The molecular weight excluding hydrogens is 368 g/mol. The quantitative estimate of drug-likeness (QED) is 0.407. The van der Waals surface area contributed by atoms with E-state index in [2.05, 4.69) is 46.8 Å². The third-order valence-electron chi connectivity index (χ3n) is 3.70. The van der Waals surface area contributed by atoms with Crippen LogP contribution in [0, 0.1) is 5.41 Å². The van der Waals surface area contributed by atoms with Crippen LogP contribution in [-0.4, -0.2) is 21.1 Å². The Kier molecular flexibility index (Phi) is 4.23. The normalized spacial score (nSPS) is 11.9. The summed E-state index contributed by atoms with van der Waals surface area (Å²) in [5, 5.41) is 5.81. The van der Waals surface area contributed by atoms with Crippen LogP contribution in [0.4, 0.5) is 11.4 Å². The van der Waals surface area contributed by atoms with Crippen molar-refractivity contribution >= 4 is 33.0 Å². The molecule has 0 aliphatic carbocycles. The molecule has 3 rings (SSSR count). The largest absolute Gasteiger partial charge is 0.396 e. The second-order valence-corrected chi connectivity index (χ2v) is 7.82. The lowest BCUT2D eigenvalue weighted by Gasteiger charge is -2.29. The number of anilines is 2. The number of halogens is 1. The van der Waals surface area contributed by atoms with Crippen molar-refractivity contribution in [3.05, 3.63) is 41.3 Å². The Hall–Kier alpha value is -2.12. The molecule has 2 aromatic heterocycles. The lowest BCUT2D eigenvalue weighted by Crippen LogP contribution is -2.38. The van der Waals surface area contributed by atoms with Gasteiger partial charge in [-0.2, -0.15) is 5.10 Å². The van der Waals surface area contributed by atoms with Crippen molar-refractivity contribution in [1.82, 2.24) is 14.6 Å². The van der Waals surface area contributed by atoms with E-state index in [0.717, 1.165) is 26.9 Å². The van der Waals surface area contributed by atoms with E-state index in [1.807, 2.05) is 30.5 Å². The summed E-state index contributed by atoms with van der Waals surface area (Å²) in [4.78, 5) is 4.22. The number of rotatable bonds is 3. The summed E-state index contributed by atoms with van der Waals surface area (Å²) in [5.74, 6) is 6.21. The summed E-state index contributed by atoms with van der Waals surface area (Å²) in [6.45, 7) is 7.12. The van der Waals surface area contributed by atoms with Crippen molar-refractivity contribution in [3.8, 4) is 11.1 Å². The number of aromatic nitrogens is 3. The molecule has 7 heteroatoms. The minimum Gasteiger partial charge on any atom is -0.396 e. The molecule has 0 saturated carbocycles. The Bertz CT molecular complexity index is 880. The Balaban J connectivity index is 2.00. The van der Waals surface area contributed by atoms with Crippen LogP contribution in [0.5, 0.6) is 0 Å². The zero-order valence-electron chi connectivity index (χ0n) is 14.0. The number of pyridine rings is 1. The van der Waals surface area contributed by atoms with Gasteiger partial charge in [-0.05, 0) is 50.7 Å². The van der Waals surface area contributed by atoms with Crippen LogP contribution in [0.2, 0.25) is 0 Å². The van der Waals surface area contributed by atoms with Crippen molar-refractivity contribution in [2.24, 2.45) is 11.3 Å². The SMILES string of the molecule is CC(C)(C)CN(N)c1ccc(-c2ccn3ncnc3c2)c(Br)c1N.